The zero-order valence-corrected chi connectivity index (χ0v) is 12.7. The molecule has 1 N–H and O–H groups in total. The van der Waals surface area contributed by atoms with Crippen molar-refractivity contribution in [1.29, 1.82) is 0 Å². The molecule has 0 radical (unpaired) electrons. The summed E-state index contributed by atoms with van der Waals surface area (Å²) in [7, 11) is 0. The summed E-state index contributed by atoms with van der Waals surface area (Å²) < 4.78 is 43.6. The van der Waals surface area contributed by atoms with E-state index in [1.165, 1.54) is 6.07 Å². The standard InChI is InChI=1S/C16H18F3NO3/c1-9(14(21)22)10-4-6-15(7-5-10)8-23-13-11(15)2-3-12(20-13)16(17,18)19/h2-3,9-10H,4-8H2,1H3,(H,21,22). The first-order valence-electron chi connectivity index (χ1n) is 7.67. The maximum Gasteiger partial charge on any atom is 0.433 e. The number of aliphatic carboxylic acids is 1. The van der Waals surface area contributed by atoms with Crippen LogP contribution in [0.5, 0.6) is 5.88 Å². The molecule has 0 bridgehead atoms. The number of carboxylic acid groups (broad SMARTS) is 1. The first-order valence-corrected chi connectivity index (χ1v) is 7.67. The second kappa shape index (κ2) is 5.39. The molecule has 1 unspecified atom stereocenters. The molecule has 1 fully saturated rings. The van der Waals surface area contributed by atoms with E-state index in [0.29, 0.717) is 6.61 Å². The van der Waals surface area contributed by atoms with E-state index in [4.69, 9.17) is 9.84 Å². The van der Waals surface area contributed by atoms with Gasteiger partial charge >= 0.3 is 12.1 Å². The lowest BCUT2D eigenvalue weighted by atomic mass is 9.66. The van der Waals surface area contributed by atoms with Crippen LogP contribution < -0.4 is 4.74 Å². The number of carboxylic acids is 1. The van der Waals surface area contributed by atoms with Crippen LogP contribution in [0.4, 0.5) is 13.2 Å². The van der Waals surface area contributed by atoms with E-state index in [9.17, 15) is 18.0 Å². The van der Waals surface area contributed by atoms with Crippen molar-refractivity contribution in [3.8, 4) is 5.88 Å². The van der Waals surface area contributed by atoms with Crippen LogP contribution in [0.1, 0.15) is 43.9 Å². The maximum absolute atomic E-state index is 12.7. The van der Waals surface area contributed by atoms with Crippen LogP contribution in [0.25, 0.3) is 0 Å². The van der Waals surface area contributed by atoms with Crippen LogP contribution in [0.15, 0.2) is 12.1 Å². The summed E-state index contributed by atoms with van der Waals surface area (Å²) in [5.74, 6) is -1.03. The number of halogens is 3. The molecule has 1 atom stereocenters. The van der Waals surface area contributed by atoms with E-state index in [2.05, 4.69) is 4.98 Å². The number of carbonyl (C=O) groups is 1. The van der Waals surface area contributed by atoms with Crippen molar-refractivity contribution in [1.82, 2.24) is 4.98 Å². The first kappa shape index (κ1) is 16.1. The smallest absolute Gasteiger partial charge is 0.433 e. The predicted octanol–water partition coefficient (Wildman–Crippen LogP) is 3.64. The van der Waals surface area contributed by atoms with Gasteiger partial charge < -0.3 is 9.84 Å². The molecule has 1 aliphatic carbocycles. The van der Waals surface area contributed by atoms with E-state index < -0.39 is 23.8 Å². The van der Waals surface area contributed by atoms with Crippen molar-refractivity contribution in [2.45, 2.75) is 44.2 Å². The summed E-state index contributed by atoms with van der Waals surface area (Å²) in [4.78, 5) is 14.7. The molecule has 3 rings (SSSR count). The Kier molecular flexibility index (Phi) is 3.77. The maximum atomic E-state index is 12.7. The minimum Gasteiger partial charge on any atom is -0.481 e. The molecule has 1 spiro atoms. The Morgan fingerprint density at radius 3 is 2.61 bits per heavy atom. The number of pyridine rings is 1. The molecule has 4 nitrogen and oxygen atoms in total. The van der Waals surface area contributed by atoms with Gasteiger partial charge in [-0.25, -0.2) is 4.98 Å². The van der Waals surface area contributed by atoms with Gasteiger partial charge in [0.05, 0.1) is 12.5 Å². The predicted molar refractivity (Wildman–Crippen MR) is 75.2 cm³/mol. The molecule has 0 aromatic carbocycles. The molecule has 1 aromatic rings. The summed E-state index contributed by atoms with van der Waals surface area (Å²) in [5, 5.41) is 9.11. The van der Waals surface area contributed by atoms with Gasteiger partial charge in [0.2, 0.25) is 5.88 Å². The number of fused-ring (bicyclic) bond motifs is 2. The van der Waals surface area contributed by atoms with Gasteiger partial charge in [-0.15, -0.1) is 0 Å². The highest BCUT2D eigenvalue weighted by molar-refractivity contribution is 5.69. The lowest BCUT2D eigenvalue weighted by molar-refractivity contribution is -0.143. The minimum absolute atomic E-state index is 0.0737. The summed E-state index contributed by atoms with van der Waals surface area (Å²) in [6.45, 7) is 2.03. The molecule has 1 saturated carbocycles. The lowest BCUT2D eigenvalue weighted by Gasteiger charge is -2.37. The highest BCUT2D eigenvalue weighted by atomic mass is 19.4. The van der Waals surface area contributed by atoms with Crippen molar-refractivity contribution in [2.75, 3.05) is 6.61 Å². The van der Waals surface area contributed by atoms with Gasteiger partial charge in [0, 0.05) is 11.0 Å². The lowest BCUT2D eigenvalue weighted by Crippen LogP contribution is -2.36. The van der Waals surface area contributed by atoms with Gasteiger partial charge in [-0.05, 0) is 37.7 Å². The number of hydrogen-bond acceptors (Lipinski definition) is 3. The summed E-state index contributed by atoms with van der Waals surface area (Å²) in [6, 6.07) is 2.47. The molecule has 126 valence electrons. The molecule has 1 aromatic heterocycles. The fourth-order valence-electron chi connectivity index (χ4n) is 3.70. The second-order valence-corrected chi connectivity index (χ2v) is 6.58. The Morgan fingerprint density at radius 1 is 1.39 bits per heavy atom. The van der Waals surface area contributed by atoms with Crippen molar-refractivity contribution in [3.05, 3.63) is 23.4 Å². The van der Waals surface area contributed by atoms with Crippen LogP contribution in [-0.4, -0.2) is 22.7 Å². The van der Waals surface area contributed by atoms with Crippen molar-refractivity contribution in [3.63, 3.8) is 0 Å². The van der Waals surface area contributed by atoms with Crippen LogP contribution in [0, 0.1) is 11.8 Å². The monoisotopic (exact) mass is 329 g/mol. The molecular weight excluding hydrogens is 311 g/mol. The third-order valence-corrected chi connectivity index (χ3v) is 5.29. The molecule has 23 heavy (non-hydrogen) atoms. The molecule has 7 heteroatoms. The molecular formula is C16H18F3NO3. The van der Waals surface area contributed by atoms with Crippen molar-refractivity contribution >= 4 is 5.97 Å². The highest BCUT2D eigenvalue weighted by Crippen LogP contribution is 2.50. The minimum atomic E-state index is -4.48. The van der Waals surface area contributed by atoms with Crippen molar-refractivity contribution < 1.29 is 27.8 Å². The van der Waals surface area contributed by atoms with E-state index >= 15 is 0 Å². The van der Waals surface area contributed by atoms with E-state index in [1.54, 1.807) is 6.92 Å². The topological polar surface area (TPSA) is 59.4 Å². The number of aromatic nitrogens is 1. The largest absolute Gasteiger partial charge is 0.481 e. The van der Waals surface area contributed by atoms with Gasteiger partial charge in [-0.3, -0.25) is 4.79 Å². The van der Waals surface area contributed by atoms with E-state index in [1.807, 2.05) is 0 Å². The molecule has 1 aliphatic heterocycles. The third kappa shape index (κ3) is 2.77. The van der Waals surface area contributed by atoms with Gasteiger partial charge in [0.15, 0.2) is 0 Å². The van der Waals surface area contributed by atoms with Gasteiger partial charge in [0.25, 0.3) is 0 Å². The van der Waals surface area contributed by atoms with Crippen LogP contribution in [0.3, 0.4) is 0 Å². The van der Waals surface area contributed by atoms with Crippen LogP contribution in [-0.2, 0) is 16.4 Å². The summed E-state index contributed by atoms with van der Waals surface area (Å²) >= 11 is 0. The first-order chi connectivity index (χ1) is 10.7. The Labute approximate surface area is 131 Å². The zero-order chi connectivity index (χ0) is 16.8. The van der Waals surface area contributed by atoms with Crippen LogP contribution in [0.2, 0.25) is 0 Å². The average molecular weight is 329 g/mol. The normalized spacial score (nSPS) is 28.3. The molecule has 2 aliphatic rings. The number of nitrogens with zero attached hydrogens (tertiary/aromatic N) is 1. The Bertz CT molecular complexity index is 621. The number of ether oxygens (including phenoxy) is 1. The van der Waals surface area contributed by atoms with E-state index in [-0.39, 0.29) is 17.2 Å². The summed E-state index contributed by atoms with van der Waals surface area (Å²) in [6.07, 6.45) is -1.58. The highest BCUT2D eigenvalue weighted by Gasteiger charge is 2.46. The molecule has 2 heterocycles. The number of alkyl halides is 3. The fourth-order valence-corrected chi connectivity index (χ4v) is 3.70. The fraction of sp³-hybridized carbons (Fsp3) is 0.625. The Morgan fingerprint density at radius 2 is 2.04 bits per heavy atom. The molecule has 0 amide bonds. The van der Waals surface area contributed by atoms with Crippen molar-refractivity contribution in [2.24, 2.45) is 11.8 Å². The van der Waals surface area contributed by atoms with E-state index in [0.717, 1.165) is 37.3 Å². The number of hydrogen-bond donors (Lipinski definition) is 1. The van der Waals surface area contributed by atoms with Gasteiger partial charge in [-0.2, -0.15) is 13.2 Å². The number of rotatable bonds is 2. The zero-order valence-electron chi connectivity index (χ0n) is 12.7. The average Bonchev–Trinajstić information content (AvgIpc) is 2.85. The molecule has 0 saturated heterocycles. The second-order valence-electron chi connectivity index (χ2n) is 6.58. The van der Waals surface area contributed by atoms with Crippen LogP contribution >= 0.6 is 0 Å². The third-order valence-electron chi connectivity index (χ3n) is 5.29. The Balaban J connectivity index is 1.80. The van der Waals surface area contributed by atoms with Gasteiger partial charge in [0.1, 0.15) is 5.69 Å². The van der Waals surface area contributed by atoms with Gasteiger partial charge in [-0.1, -0.05) is 13.0 Å². The SMILES string of the molecule is CC(C(=O)O)C1CCC2(CC1)COc1nc(C(F)(F)F)ccc12. The summed E-state index contributed by atoms with van der Waals surface area (Å²) in [5.41, 5.74) is -0.533. The quantitative estimate of drug-likeness (QED) is 0.900. The Hall–Kier alpha value is -1.79.